The fraction of sp³-hybridized carbons (Fsp3) is 0.250. The van der Waals surface area contributed by atoms with Gasteiger partial charge in [-0.25, -0.2) is 8.42 Å². The molecule has 0 radical (unpaired) electrons. The lowest BCUT2D eigenvalue weighted by Gasteiger charge is -2.28. The molecule has 1 unspecified atom stereocenters. The van der Waals surface area contributed by atoms with Crippen molar-refractivity contribution >= 4 is 21.7 Å². The van der Waals surface area contributed by atoms with Gasteiger partial charge in [0.05, 0.1) is 9.82 Å². The summed E-state index contributed by atoms with van der Waals surface area (Å²) in [5.74, 6) is -1.23. The lowest BCUT2D eigenvalue weighted by atomic mass is 10.1. The molecule has 0 amide bonds. The van der Waals surface area contributed by atoms with Crippen molar-refractivity contribution in [1.82, 2.24) is 4.31 Å². The quantitative estimate of drug-likeness (QED) is 0.503. The van der Waals surface area contributed by atoms with Crippen LogP contribution in [0.25, 0.3) is 0 Å². The van der Waals surface area contributed by atoms with E-state index in [4.69, 9.17) is 5.11 Å². The van der Waals surface area contributed by atoms with Gasteiger partial charge in [-0.05, 0) is 18.6 Å². The normalized spacial score (nSPS) is 19.3. The molecule has 1 aromatic carbocycles. The Balaban J connectivity index is 2.38. The highest BCUT2D eigenvalue weighted by Gasteiger charge is 2.36. The number of hydrogen-bond acceptors (Lipinski definition) is 5. The van der Waals surface area contributed by atoms with Crippen molar-refractivity contribution in [3.8, 4) is 0 Å². The fourth-order valence-electron chi connectivity index (χ4n) is 2.01. The average Bonchev–Trinajstić information content (AvgIpc) is 2.47. The molecule has 21 heavy (non-hydrogen) atoms. The van der Waals surface area contributed by atoms with Crippen LogP contribution < -0.4 is 0 Å². The van der Waals surface area contributed by atoms with Crippen LogP contribution >= 0.6 is 0 Å². The molecule has 2 rings (SSSR count). The minimum Gasteiger partial charge on any atom is -0.480 e. The Kier molecular flexibility index (Phi) is 4.05. The lowest BCUT2D eigenvalue weighted by Crippen LogP contribution is -2.46. The molecule has 0 fully saturated rings. The van der Waals surface area contributed by atoms with Crippen LogP contribution in [-0.4, -0.2) is 41.3 Å². The van der Waals surface area contributed by atoms with Crippen LogP contribution in [0.15, 0.2) is 41.3 Å². The summed E-state index contributed by atoms with van der Waals surface area (Å²) in [5, 5.41) is 19.7. The SMILES string of the molecule is O=C(O)C1CC=CCN1S(=O)(=O)c1ccc([N+](=O)[O-])cc1. The van der Waals surface area contributed by atoms with Gasteiger partial charge in [0.1, 0.15) is 6.04 Å². The second-order valence-electron chi connectivity index (χ2n) is 4.39. The molecule has 8 nitrogen and oxygen atoms in total. The van der Waals surface area contributed by atoms with Gasteiger partial charge < -0.3 is 5.11 Å². The van der Waals surface area contributed by atoms with E-state index in [9.17, 15) is 23.3 Å². The number of nitro groups is 1. The van der Waals surface area contributed by atoms with E-state index in [1.807, 2.05) is 0 Å². The zero-order valence-corrected chi connectivity index (χ0v) is 11.6. The number of benzene rings is 1. The minimum atomic E-state index is -4.02. The largest absolute Gasteiger partial charge is 0.480 e. The number of aliphatic carboxylic acids is 1. The van der Waals surface area contributed by atoms with Gasteiger partial charge in [-0.15, -0.1) is 0 Å². The summed E-state index contributed by atoms with van der Waals surface area (Å²) >= 11 is 0. The standard InChI is InChI=1S/C12H12N2O6S/c15-12(16)11-3-1-2-8-13(11)21(19,20)10-6-4-9(5-7-10)14(17)18/h1-2,4-7,11H,3,8H2,(H,15,16). The molecule has 112 valence electrons. The molecule has 0 saturated carbocycles. The molecule has 0 saturated heterocycles. The first-order valence-corrected chi connectivity index (χ1v) is 7.42. The Morgan fingerprint density at radius 3 is 2.43 bits per heavy atom. The third kappa shape index (κ3) is 2.93. The number of hydrogen-bond donors (Lipinski definition) is 1. The van der Waals surface area contributed by atoms with E-state index in [-0.39, 0.29) is 23.5 Å². The number of carboxylic acid groups (broad SMARTS) is 1. The average molecular weight is 312 g/mol. The highest BCUT2D eigenvalue weighted by atomic mass is 32.2. The third-order valence-electron chi connectivity index (χ3n) is 3.10. The van der Waals surface area contributed by atoms with Crippen molar-refractivity contribution in [2.24, 2.45) is 0 Å². The second kappa shape index (κ2) is 5.62. The first kappa shape index (κ1) is 15.1. The summed E-state index contributed by atoms with van der Waals surface area (Å²) < 4.78 is 25.8. The molecule has 1 aliphatic heterocycles. The lowest BCUT2D eigenvalue weighted by molar-refractivity contribution is -0.384. The molecule has 1 atom stereocenters. The smallest absolute Gasteiger partial charge is 0.322 e. The molecule has 0 aliphatic carbocycles. The van der Waals surface area contributed by atoms with Gasteiger partial charge in [0.2, 0.25) is 10.0 Å². The number of nitro benzene ring substituents is 1. The Hall–Kier alpha value is -2.26. The summed E-state index contributed by atoms with van der Waals surface area (Å²) in [7, 11) is -4.02. The number of sulfonamides is 1. The van der Waals surface area contributed by atoms with Gasteiger partial charge in [0, 0.05) is 18.7 Å². The zero-order chi connectivity index (χ0) is 15.6. The van der Waals surface area contributed by atoms with Crippen LogP contribution in [-0.2, 0) is 14.8 Å². The van der Waals surface area contributed by atoms with Crippen molar-refractivity contribution in [3.05, 3.63) is 46.5 Å². The van der Waals surface area contributed by atoms with Crippen molar-refractivity contribution in [3.63, 3.8) is 0 Å². The summed E-state index contributed by atoms with van der Waals surface area (Å²) in [6.07, 6.45) is 3.27. The van der Waals surface area contributed by atoms with Crippen molar-refractivity contribution in [2.75, 3.05) is 6.54 Å². The maximum Gasteiger partial charge on any atom is 0.322 e. The van der Waals surface area contributed by atoms with E-state index in [0.29, 0.717) is 0 Å². The Bertz CT molecular complexity index is 695. The number of non-ortho nitro benzene ring substituents is 1. The van der Waals surface area contributed by atoms with E-state index >= 15 is 0 Å². The molecule has 0 aromatic heterocycles. The van der Waals surface area contributed by atoms with Gasteiger partial charge >= 0.3 is 5.97 Å². The molecular weight excluding hydrogens is 300 g/mol. The number of carbonyl (C=O) groups is 1. The topological polar surface area (TPSA) is 118 Å². The van der Waals surface area contributed by atoms with Gasteiger partial charge in [0.15, 0.2) is 0 Å². The number of nitrogens with zero attached hydrogens (tertiary/aromatic N) is 2. The van der Waals surface area contributed by atoms with E-state index in [1.54, 1.807) is 12.2 Å². The Morgan fingerprint density at radius 1 is 1.29 bits per heavy atom. The number of carboxylic acids is 1. The van der Waals surface area contributed by atoms with E-state index in [1.165, 1.54) is 0 Å². The highest BCUT2D eigenvalue weighted by molar-refractivity contribution is 7.89. The van der Waals surface area contributed by atoms with Crippen molar-refractivity contribution in [2.45, 2.75) is 17.4 Å². The van der Waals surface area contributed by atoms with Crippen LogP contribution in [0.5, 0.6) is 0 Å². The molecule has 9 heteroatoms. The van der Waals surface area contributed by atoms with Crippen LogP contribution in [0.4, 0.5) is 5.69 Å². The molecule has 1 aromatic rings. The maximum atomic E-state index is 12.4. The van der Waals surface area contributed by atoms with Crippen LogP contribution in [0, 0.1) is 10.1 Å². The minimum absolute atomic E-state index is 0.0453. The summed E-state index contributed by atoms with van der Waals surface area (Å²) in [4.78, 5) is 20.9. The van der Waals surface area contributed by atoms with Crippen molar-refractivity contribution < 1.29 is 23.2 Å². The van der Waals surface area contributed by atoms with Gasteiger partial charge in [-0.1, -0.05) is 12.2 Å². The summed E-state index contributed by atoms with van der Waals surface area (Å²) in [6.45, 7) is -0.0453. The second-order valence-corrected chi connectivity index (χ2v) is 6.28. The van der Waals surface area contributed by atoms with Gasteiger partial charge in [-0.3, -0.25) is 14.9 Å². The van der Waals surface area contributed by atoms with Crippen LogP contribution in [0.2, 0.25) is 0 Å². The van der Waals surface area contributed by atoms with Gasteiger partial charge in [-0.2, -0.15) is 4.31 Å². The molecule has 1 N–H and O–H groups in total. The molecular formula is C12H12N2O6S. The van der Waals surface area contributed by atoms with E-state index in [2.05, 4.69) is 0 Å². The fourth-order valence-corrected chi connectivity index (χ4v) is 3.56. The Labute approximate surface area is 120 Å². The van der Waals surface area contributed by atoms with E-state index in [0.717, 1.165) is 28.6 Å². The predicted molar refractivity (Wildman–Crippen MR) is 72.2 cm³/mol. The van der Waals surface area contributed by atoms with Crippen LogP contribution in [0.3, 0.4) is 0 Å². The molecule has 0 bridgehead atoms. The summed E-state index contributed by atoms with van der Waals surface area (Å²) in [6, 6.07) is 3.18. The van der Waals surface area contributed by atoms with Crippen molar-refractivity contribution in [1.29, 1.82) is 0 Å². The van der Waals surface area contributed by atoms with Crippen LogP contribution in [0.1, 0.15) is 6.42 Å². The monoisotopic (exact) mass is 312 g/mol. The number of rotatable bonds is 4. The highest BCUT2D eigenvalue weighted by Crippen LogP contribution is 2.24. The van der Waals surface area contributed by atoms with E-state index < -0.39 is 27.0 Å². The molecule has 1 aliphatic rings. The Morgan fingerprint density at radius 2 is 1.90 bits per heavy atom. The van der Waals surface area contributed by atoms with Gasteiger partial charge in [0.25, 0.3) is 5.69 Å². The first-order valence-electron chi connectivity index (χ1n) is 5.98. The molecule has 0 spiro atoms. The first-order chi connectivity index (χ1) is 9.84. The third-order valence-corrected chi connectivity index (χ3v) is 4.99. The zero-order valence-electron chi connectivity index (χ0n) is 10.7. The predicted octanol–water partition coefficient (Wildman–Crippen LogP) is 0.999. The maximum absolute atomic E-state index is 12.4. The molecule has 1 heterocycles. The summed E-state index contributed by atoms with van der Waals surface area (Å²) in [5.41, 5.74) is -0.234.